The minimum atomic E-state index is -0.889. The first-order valence-electron chi connectivity index (χ1n) is 7.07. The molecule has 8 heteroatoms. The molecule has 1 N–H and O–H groups in total. The van der Waals surface area contributed by atoms with Gasteiger partial charge in [0.1, 0.15) is 18.6 Å². The molecule has 8 nitrogen and oxygen atoms in total. The highest BCUT2D eigenvalue weighted by molar-refractivity contribution is 5.96. The number of carbonyl (C=O) groups excluding carboxylic acids is 4. The maximum Gasteiger partial charge on any atom is 0.328 e. The third kappa shape index (κ3) is 9.28. The van der Waals surface area contributed by atoms with E-state index in [-0.39, 0.29) is 6.42 Å². The maximum absolute atomic E-state index is 11.7. The molecule has 23 heavy (non-hydrogen) atoms. The van der Waals surface area contributed by atoms with Crippen LogP contribution in [0.3, 0.4) is 0 Å². The van der Waals surface area contributed by atoms with Crippen LogP contribution < -0.4 is 5.32 Å². The molecule has 0 heterocycles. The van der Waals surface area contributed by atoms with Crippen molar-refractivity contribution >= 4 is 23.8 Å². The van der Waals surface area contributed by atoms with Gasteiger partial charge in [0.25, 0.3) is 0 Å². The van der Waals surface area contributed by atoms with E-state index in [9.17, 15) is 19.2 Å². The molecule has 1 amide bonds. The monoisotopic (exact) mass is 329 g/mol. The second-order valence-electron chi connectivity index (χ2n) is 4.71. The molecule has 1 unspecified atom stereocenters. The Morgan fingerprint density at radius 3 is 2.26 bits per heavy atom. The van der Waals surface area contributed by atoms with E-state index in [0.29, 0.717) is 12.8 Å². The van der Waals surface area contributed by atoms with Crippen LogP contribution in [-0.2, 0) is 33.4 Å². The van der Waals surface area contributed by atoms with E-state index in [4.69, 9.17) is 4.74 Å². The van der Waals surface area contributed by atoms with Crippen molar-refractivity contribution < 1.29 is 33.4 Å². The van der Waals surface area contributed by atoms with Gasteiger partial charge in [-0.05, 0) is 19.3 Å². The van der Waals surface area contributed by atoms with E-state index in [1.165, 1.54) is 20.1 Å². The first-order valence-corrected chi connectivity index (χ1v) is 7.07. The summed E-state index contributed by atoms with van der Waals surface area (Å²) in [6.07, 6.45) is 1.74. The van der Waals surface area contributed by atoms with E-state index < -0.39 is 42.4 Å². The van der Waals surface area contributed by atoms with Crippen molar-refractivity contribution in [2.45, 2.75) is 44.8 Å². The van der Waals surface area contributed by atoms with Crippen LogP contribution in [0.15, 0.2) is 12.7 Å². The van der Waals surface area contributed by atoms with Gasteiger partial charge in [0.15, 0.2) is 0 Å². The highest BCUT2D eigenvalue weighted by Crippen LogP contribution is 2.10. The molecule has 130 valence electrons. The van der Waals surface area contributed by atoms with E-state index >= 15 is 0 Å². The summed E-state index contributed by atoms with van der Waals surface area (Å²) in [6.45, 7) is 4.86. The first kappa shape index (κ1) is 20.6. The molecule has 0 aliphatic rings. The van der Waals surface area contributed by atoms with Crippen LogP contribution in [0, 0.1) is 0 Å². The Labute approximate surface area is 135 Å². The quantitative estimate of drug-likeness (QED) is 0.269. The fraction of sp³-hybridized carbons (Fsp3) is 0.600. The number of hydrogen-bond donors (Lipinski definition) is 1. The molecule has 0 aliphatic heterocycles. The molecule has 0 bridgehead atoms. The smallest absolute Gasteiger partial charge is 0.328 e. The third-order valence-corrected chi connectivity index (χ3v) is 2.92. The molecular weight excluding hydrogens is 306 g/mol. The molecule has 0 radical (unpaired) electrons. The van der Waals surface area contributed by atoms with Crippen molar-refractivity contribution in [3.05, 3.63) is 12.7 Å². The molecule has 0 aromatic carbocycles. The van der Waals surface area contributed by atoms with E-state index in [2.05, 4.69) is 21.4 Å². The van der Waals surface area contributed by atoms with Crippen LogP contribution in [0.1, 0.15) is 32.6 Å². The zero-order chi connectivity index (χ0) is 17.8. The molecule has 0 aromatic heterocycles. The van der Waals surface area contributed by atoms with Gasteiger partial charge < -0.3 is 19.5 Å². The topological polar surface area (TPSA) is 108 Å². The van der Waals surface area contributed by atoms with E-state index in [0.717, 1.165) is 7.11 Å². The Balaban J connectivity index is 4.48. The lowest BCUT2D eigenvalue weighted by Gasteiger charge is -2.18. The molecule has 0 fully saturated rings. The SMILES string of the molecule is C=CC(CCC[C@H](NC(=O)CC(=O)OC)C(=O)OC)OC(C)=O. The Kier molecular flexibility index (Phi) is 10.1. The molecule has 0 saturated heterocycles. The molecule has 0 aliphatic carbocycles. The Bertz CT molecular complexity index is 447. The number of esters is 3. The number of ether oxygens (including phenoxy) is 3. The van der Waals surface area contributed by atoms with Crippen LogP contribution in [0.4, 0.5) is 0 Å². The molecule has 0 rings (SSSR count). The second-order valence-corrected chi connectivity index (χ2v) is 4.71. The van der Waals surface area contributed by atoms with Crippen molar-refractivity contribution in [1.82, 2.24) is 5.32 Å². The lowest BCUT2D eigenvalue weighted by Crippen LogP contribution is -2.42. The predicted octanol–water partition coefficient (Wildman–Crippen LogP) is 0.495. The number of hydrogen-bond acceptors (Lipinski definition) is 7. The summed E-state index contributed by atoms with van der Waals surface area (Å²) in [7, 11) is 2.37. The number of carbonyl (C=O) groups is 4. The van der Waals surface area contributed by atoms with Crippen LogP contribution in [-0.4, -0.2) is 50.2 Å². The highest BCUT2D eigenvalue weighted by Gasteiger charge is 2.23. The van der Waals surface area contributed by atoms with Crippen molar-refractivity contribution in [2.24, 2.45) is 0 Å². The normalized spacial score (nSPS) is 12.5. The zero-order valence-corrected chi connectivity index (χ0v) is 13.6. The van der Waals surface area contributed by atoms with Crippen LogP contribution in [0.2, 0.25) is 0 Å². The average molecular weight is 329 g/mol. The lowest BCUT2D eigenvalue weighted by atomic mass is 10.1. The predicted molar refractivity (Wildman–Crippen MR) is 80.2 cm³/mol. The van der Waals surface area contributed by atoms with Gasteiger partial charge in [0.2, 0.25) is 5.91 Å². The largest absolute Gasteiger partial charge is 0.469 e. The van der Waals surface area contributed by atoms with Gasteiger partial charge >= 0.3 is 17.9 Å². The molecule has 0 saturated carbocycles. The third-order valence-electron chi connectivity index (χ3n) is 2.92. The maximum atomic E-state index is 11.7. The summed E-state index contributed by atoms with van der Waals surface area (Å²) in [5.41, 5.74) is 0. The zero-order valence-electron chi connectivity index (χ0n) is 13.6. The second kappa shape index (κ2) is 11.2. The van der Waals surface area contributed by atoms with Gasteiger partial charge in [-0.25, -0.2) is 4.79 Å². The summed E-state index contributed by atoms with van der Waals surface area (Å²) in [5, 5.41) is 2.42. The lowest BCUT2D eigenvalue weighted by molar-refractivity contribution is -0.148. The number of amides is 1. The van der Waals surface area contributed by atoms with Crippen LogP contribution in [0.5, 0.6) is 0 Å². The van der Waals surface area contributed by atoms with Gasteiger partial charge in [-0.15, -0.1) is 0 Å². The summed E-state index contributed by atoms with van der Waals surface area (Å²) < 4.78 is 14.0. The molecule has 0 aromatic rings. The fourth-order valence-corrected chi connectivity index (χ4v) is 1.80. The van der Waals surface area contributed by atoms with Gasteiger partial charge in [-0.1, -0.05) is 12.7 Å². The fourth-order valence-electron chi connectivity index (χ4n) is 1.80. The number of nitrogens with one attached hydrogen (secondary N) is 1. The van der Waals surface area contributed by atoms with Crippen molar-refractivity contribution in [3.8, 4) is 0 Å². The average Bonchev–Trinajstić information content (AvgIpc) is 2.51. The van der Waals surface area contributed by atoms with Crippen molar-refractivity contribution in [2.75, 3.05) is 14.2 Å². The Hall–Kier alpha value is -2.38. The van der Waals surface area contributed by atoms with Gasteiger partial charge in [0, 0.05) is 6.92 Å². The highest BCUT2D eigenvalue weighted by atomic mass is 16.5. The summed E-state index contributed by atoms with van der Waals surface area (Å²) in [6, 6.07) is -0.889. The standard InChI is InChI=1S/C15H23NO7/c1-5-11(23-10(2)17)7-6-8-12(15(20)22-4)16-13(18)9-14(19)21-3/h5,11-12H,1,6-9H2,2-4H3,(H,16,18)/t11?,12-/m0/s1. The number of methoxy groups -OCH3 is 2. The van der Waals surface area contributed by atoms with Crippen LogP contribution in [0.25, 0.3) is 0 Å². The van der Waals surface area contributed by atoms with Crippen LogP contribution >= 0.6 is 0 Å². The molecular formula is C15H23NO7. The minimum absolute atomic E-state index is 0.269. The van der Waals surface area contributed by atoms with E-state index in [1.54, 1.807) is 0 Å². The van der Waals surface area contributed by atoms with Gasteiger partial charge in [-0.3, -0.25) is 14.4 Å². The Morgan fingerprint density at radius 1 is 1.13 bits per heavy atom. The minimum Gasteiger partial charge on any atom is -0.469 e. The van der Waals surface area contributed by atoms with Gasteiger partial charge in [-0.2, -0.15) is 0 Å². The summed E-state index contributed by atoms with van der Waals surface area (Å²) in [5.74, 6) is -2.38. The van der Waals surface area contributed by atoms with Crippen molar-refractivity contribution in [3.63, 3.8) is 0 Å². The first-order chi connectivity index (χ1) is 10.8. The summed E-state index contributed by atoms with van der Waals surface area (Å²) >= 11 is 0. The summed E-state index contributed by atoms with van der Waals surface area (Å²) in [4.78, 5) is 45.2. The number of rotatable bonds is 10. The Morgan fingerprint density at radius 2 is 1.78 bits per heavy atom. The van der Waals surface area contributed by atoms with Crippen molar-refractivity contribution in [1.29, 1.82) is 0 Å². The molecule has 0 spiro atoms. The van der Waals surface area contributed by atoms with E-state index in [1.807, 2.05) is 0 Å². The molecule has 2 atom stereocenters. The van der Waals surface area contributed by atoms with Gasteiger partial charge in [0.05, 0.1) is 14.2 Å².